The molecule has 0 saturated heterocycles. The SMILES string of the molecule is Cc1cc(C)cc(NC(=O)Nc2cc(S(=O)(=O)Nc3ccccc3)ccc2-c2ccsc2)c1. The molecule has 0 aliphatic rings. The summed E-state index contributed by atoms with van der Waals surface area (Å²) in [5.41, 5.74) is 5.20. The molecule has 0 aliphatic heterocycles. The third-order valence-corrected chi connectivity index (χ3v) is 6.95. The van der Waals surface area contributed by atoms with Crippen LogP contribution in [0, 0.1) is 13.8 Å². The van der Waals surface area contributed by atoms with Crippen molar-refractivity contribution in [2.24, 2.45) is 0 Å². The first-order valence-corrected chi connectivity index (χ1v) is 12.6. The van der Waals surface area contributed by atoms with Gasteiger partial charge in [-0.1, -0.05) is 30.3 Å². The number of amides is 2. The van der Waals surface area contributed by atoms with Gasteiger partial charge in [-0.25, -0.2) is 13.2 Å². The highest BCUT2D eigenvalue weighted by molar-refractivity contribution is 7.92. The number of carbonyl (C=O) groups is 1. The smallest absolute Gasteiger partial charge is 0.308 e. The molecule has 0 saturated carbocycles. The highest BCUT2D eigenvalue weighted by atomic mass is 32.2. The van der Waals surface area contributed by atoms with Gasteiger partial charge < -0.3 is 10.6 Å². The molecule has 2 amide bonds. The first kappa shape index (κ1) is 22.6. The second-order valence-corrected chi connectivity index (χ2v) is 10.1. The van der Waals surface area contributed by atoms with Crippen molar-refractivity contribution in [3.8, 4) is 11.1 Å². The highest BCUT2D eigenvalue weighted by Crippen LogP contribution is 2.32. The molecular weight excluding hydrogens is 454 g/mol. The molecule has 0 bridgehead atoms. The molecule has 0 aliphatic carbocycles. The van der Waals surface area contributed by atoms with E-state index in [1.54, 1.807) is 30.3 Å². The van der Waals surface area contributed by atoms with Gasteiger partial charge in [0.1, 0.15) is 0 Å². The van der Waals surface area contributed by atoms with E-state index < -0.39 is 16.1 Å². The van der Waals surface area contributed by atoms with Crippen LogP contribution in [0.15, 0.2) is 88.5 Å². The van der Waals surface area contributed by atoms with Crippen LogP contribution < -0.4 is 15.4 Å². The zero-order chi connectivity index (χ0) is 23.4. The van der Waals surface area contributed by atoms with Gasteiger partial charge in [-0.3, -0.25) is 4.72 Å². The van der Waals surface area contributed by atoms with Crippen LogP contribution in [0.25, 0.3) is 11.1 Å². The number of hydrogen-bond acceptors (Lipinski definition) is 4. The number of urea groups is 1. The molecule has 4 aromatic rings. The number of aryl methyl sites for hydroxylation is 2. The topological polar surface area (TPSA) is 87.3 Å². The number of anilines is 3. The summed E-state index contributed by atoms with van der Waals surface area (Å²) in [4.78, 5) is 12.8. The zero-order valence-corrected chi connectivity index (χ0v) is 19.8. The van der Waals surface area contributed by atoms with E-state index in [-0.39, 0.29) is 4.90 Å². The average Bonchev–Trinajstić information content (AvgIpc) is 3.28. The molecule has 33 heavy (non-hydrogen) atoms. The maximum atomic E-state index is 13.0. The summed E-state index contributed by atoms with van der Waals surface area (Å²) in [6.45, 7) is 3.91. The van der Waals surface area contributed by atoms with Gasteiger partial charge >= 0.3 is 6.03 Å². The Labute approximate surface area is 197 Å². The average molecular weight is 478 g/mol. The summed E-state index contributed by atoms with van der Waals surface area (Å²) >= 11 is 1.52. The van der Waals surface area contributed by atoms with E-state index in [2.05, 4.69) is 15.4 Å². The number of sulfonamides is 1. The third kappa shape index (κ3) is 5.60. The molecule has 1 aromatic heterocycles. The Morgan fingerprint density at radius 2 is 1.55 bits per heavy atom. The van der Waals surface area contributed by atoms with Gasteiger partial charge in [0, 0.05) is 16.9 Å². The van der Waals surface area contributed by atoms with Crippen LogP contribution in [0.2, 0.25) is 0 Å². The van der Waals surface area contributed by atoms with Crippen molar-refractivity contribution < 1.29 is 13.2 Å². The Morgan fingerprint density at radius 1 is 0.818 bits per heavy atom. The van der Waals surface area contributed by atoms with Gasteiger partial charge in [0.05, 0.1) is 10.6 Å². The maximum absolute atomic E-state index is 13.0. The molecule has 0 radical (unpaired) electrons. The number of benzene rings is 3. The van der Waals surface area contributed by atoms with Crippen molar-refractivity contribution in [3.05, 3.63) is 94.7 Å². The molecule has 0 unspecified atom stereocenters. The van der Waals surface area contributed by atoms with Crippen molar-refractivity contribution in [2.45, 2.75) is 18.7 Å². The minimum Gasteiger partial charge on any atom is -0.308 e. The van der Waals surface area contributed by atoms with E-state index in [0.29, 0.717) is 17.1 Å². The molecule has 3 N–H and O–H groups in total. The van der Waals surface area contributed by atoms with Crippen molar-refractivity contribution in [1.29, 1.82) is 0 Å². The number of para-hydroxylation sites is 1. The predicted molar refractivity (Wildman–Crippen MR) is 136 cm³/mol. The largest absolute Gasteiger partial charge is 0.323 e. The molecule has 0 atom stereocenters. The second-order valence-electron chi connectivity index (χ2n) is 7.65. The summed E-state index contributed by atoms with van der Waals surface area (Å²) < 4.78 is 28.5. The summed E-state index contributed by atoms with van der Waals surface area (Å²) in [7, 11) is -3.85. The Morgan fingerprint density at radius 3 is 2.21 bits per heavy atom. The van der Waals surface area contributed by atoms with E-state index in [4.69, 9.17) is 0 Å². The van der Waals surface area contributed by atoms with E-state index in [0.717, 1.165) is 22.3 Å². The van der Waals surface area contributed by atoms with Crippen LogP contribution >= 0.6 is 11.3 Å². The number of carbonyl (C=O) groups excluding carboxylic acids is 1. The van der Waals surface area contributed by atoms with Crippen LogP contribution in [-0.2, 0) is 10.0 Å². The predicted octanol–water partition coefficient (Wildman–Crippen LogP) is 6.48. The molecule has 1 heterocycles. The van der Waals surface area contributed by atoms with Crippen molar-refractivity contribution in [2.75, 3.05) is 15.4 Å². The molecular formula is C25H23N3O3S2. The lowest BCUT2D eigenvalue weighted by atomic mass is 10.1. The van der Waals surface area contributed by atoms with Crippen LogP contribution in [0.1, 0.15) is 11.1 Å². The molecule has 0 spiro atoms. The Bertz CT molecular complexity index is 1360. The summed E-state index contributed by atoms with van der Waals surface area (Å²) in [5, 5.41) is 9.53. The standard InChI is InChI=1S/C25H23N3O3S2/c1-17-12-18(2)14-21(13-17)26-25(29)27-24-15-22(8-9-23(24)19-10-11-32-16-19)33(30,31)28-20-6-4-3-5-7-20/h3-16,28H,1-2H3,(H2,26,27,29). The number of thiophene rings is 1. The minimum atomic E-state index is -3.85. The fourth-order valence-corrected chi connectivity index (χ4v) is 5.26. The van der Waals surface area contributed by atoms with E-state index in [1.807, 2.05) is 54.9 Å². The minimum absolute atomic E-state index is 0.0482. The fourth-order valence-electron chi connectivity index (χ4n) is 3.52. The summed E-state index contributed by atoms with van der Waals surface area (Å²) in [5.74, 6) is 0. The van der Waals surface area contributed by atoms with Crippen molar-refractivity contribution in [1.82, 2.24) is 0 Å². The monoisotopic (exact) mass is 477 g/mol. The van der Waals surface area contributed by atoms with E-state index >= 15 is 0 Å². The van der Waals surface area contributed by atoms with Gasteiger partial charge in [0.25, 0.3) is 10.0 Å². The van der Waals surface area contributed by atoms with Gasteiger partial charge in [0.15, 0.2) is 0 Å². The first-order chi connectivity index (χ1) is 15.8. The Hall–Kier alpha value is -3.62. The lowest BCUT2D eigenvalue weighted by molar-refractivity contribution is 0.262. The molecule has 6 nitrogen and oxygen atoms in total. The lowest BCUT2D eigenvalue weighted by Crippen LogP contribution is -2.20. The third-order valence-electron chi connectivity index (χ3n) is 4.89. The van der Waals surface area contributed by atoms with Crippen LogP contribution in [0.4, 0.5) is 21.9 Å². The number of hydrogen-bond donors (Lipinski definition) is 3. The highest BCUT2D eigenvalue weighted by Gasteiger charge is 2.18. The van der Waals surface area contributed by atoms with Gasteiger partial charge in [-0.15, -0.1) is 0 Å². The van der Waals surface area contributed by atoms with Gasteiger partial charge in [-0.2, -0.15) is 11.3 Å². The molecule has 3 aromatic carbocycles. The molecule has 168 valence electrons. The Kier molecular flexibility index (Phi) is 6.48. The Balaban J connectivity index is 1.65. The van der Waals surface area contributed by atoms with Crippen molar-refractivity contribution in [3.63, 3.8) is 0 Å². The van der Waals surface area contributed by atoms with E-state index in [1.165, 1.54) is 23.5 Å². The van der Waals surface area contributed by atoms with Crippen LogP contribution in [-0.4, -0.2) is 14.4 Å². The zero-order valence-electron chi connectivity index (χ0n) is 18.1. The van der Waals surface area contributed by atoms with Crippen LogP contribution in [0.3, 0.4) is 0 Å². The lowest BCUT2D eigenvalue weighted by Gasteiger charge is -2.15. The molecule has 8 heteroatoms. The molecule has 4 rings (SSSR count). The molecule has 0 fully saturated rings. The maximum Gasteiger partial charge on any atom is 0.323 e. The van der Waals surface area contributed by atoms with E-state index in [9.17, 15) is 13.2 Å². The normalized spacial score (nSPS) is 11.1. The van der Waals surface area contributed by atoms with Gasteiger partial charge in [0.2, 0.25) is 0 Å². The quantitative estimate of drug-likeness (QED) is 0.297. The van der Waals surface area contributed by atoms with Crippen molar-refractivity contribution >= 4 is 44.5 Å². The van der Waals surface area contributed by atoms with Crippen LogP contribution in [0.5, 0.6) is 0 Å². The summed E-state index contributed by atoms with van der Waals surface area (Å²) in [6, 6.07) is 20.6. The fraction of sp³-hybridized carbons (Fsp3) is 0.0800. The number of rotatable bonds is 6. The van der Waals surface area contributed by atoms with Gasteiger partial charge in [-0.05, 0) is 83.8 Å². The number of nitrogens with one attached hydrogen (secondary N) is 3. The first-order valence-electron chi connectivity index (χ1n) is 10.2. The summed E-state index contributed by atoms with van der Waals surface area (Å²) in [6.07, 6.45) is 0. The second kappa shape index (κ2) is 9.48.